The van der Waals surface area contributed by atoms with Crippen LogP contribution in [-0.4, -0.2) is 22.5 Å². The second-order valence-corrected chi connectivity index (χ2v) is 6.25. The third-order valence-corrected chi connectivity index (χ3v) is 4.85. The molecule has 1 saturated heterocycles. The molecule has 120 valence electrons. The number of nitrogens with zero attached hydrogens (tertiary/aromatic N) is 1. The Kier molecular flexibility index (Phi) is 4.49. The van der Waals surface area contributed by atoms with E-state index in [1.807, 2.05) is 72.5 Å². The number of benzene rings is 2. The van der Waals surface area contributed by atoms with Gasteiger partial charge in [0.15, 0.2) is 0 Å². The van der Waals surface area contributed by atoms with Crippen LogP contribution in [0, 0.1) is 5.92 Å². The maximum atomic E-state index is 12.9. The molecule has 0 aliphatic carbocycles. The first-order valence-corrected chi connectivity index (χ1v) is 8.25. The molecule has 0 spiro atoms. The molecule has 1 amide bonds. The van der Waals surface area contributed by atoms with Crippen LogP contribution in [0.1, 0.15) is 30.9 Å². The number of aliphatic hydroxyl groups is 1. The summed E-state index contributed by atoms with van der Waals surface area (Å²) in [7, 11) is 0. The van der Waals surface area contributed by atoms with E-state index in [2.05, 4.69) is 0 Å². The largest absolute Gasteiger partial charge is 0.384 e. The molecule has 0 radical (unpaired) electrons. The van der Waals surface area contributed by atoms with E-state index in [1.54, 1.807) is 0 Å². The van der Waals surface area contributed by atoms with E-state index in [0.717, 1.165) is 11.1 Å². The van der Waals surface area contributed by atoms with Gasteiger partial charge in [0.1, 0.15) is 5.60 Å². The number of amides is 1. The van der Waals surface area contributed by atoms with E-state index in [9.17, 15) is 9.90 Å². The van der Waals surface area contributed by atoms with Crippen molar-refractivity contribution in [2.24, 2.45) is 5.92 Å². The van der Waals surface area contributed by atoms with Gasteiger partial charge in [-0.15, -0.1) is 0 Å². The Morgan fingerprint density at radius 1 is 1.09 bits per heavy atom. The van der Waals surface area contributed by atoms with Crippen molar-refractivity contribution in [2.45, 2.75) is 31.9 Å². The first-order chi connectivity index (χ1) is 11.1. The number of carbonyl (C=O) groups is 1. The summed E-state index contributed by atoms with van der Waals surface area (Å²) in [6.45, 7) is 3.17. The minimum absolute atomic E-state index is 0.0500. The molecule has 1 fully saturated rings. The molecule has 2 aromatic rings. The van der Waals surface area contributed by atoms with Crippen molar-refractivity contribution >= 4 is 5.91 Å². The van der Waals surface area contributed by atoms with Crippen LogP contribution in [0.2, 0.25) is 0 Å². The second-order valence-electron chi connectivity index (χ2n) is 6.25. The summed E-state index contributed by atoms with van der Waals surface area (Å²) in [5.41, 5.74) is 0.917. The number of likely N-dealkylation sites (tertiary alicyclic amines) is 1. The van der Waals surface area contributed by atoms with Crippen molar-refractivity contribution in [1.82, 2.24) is 4.90 Å². The van der Waals surface area contributed by atoms with Crippen molar-refractivity contribution in [3.8, 4) is 0 Å². The Balaban J connectivity index is 1.83. The normalized spacial score (nSPS) is 24.7. The number of rotatable bonds is 4. The summed E-state index contributed by atoms with van der Waals surface area (Å²) in [4.78, 5) is 14.8. The summed E-state index contributed by atoms with van der Waals surface area (Å²) in [5, 5.41) is 11.2. The van der Waals surface area contributed by atoms with E-state index in [4.69, 9.17) is 0 Å². The quantitative estimate of drug-likeness (QED) is 0.941. The van der Waals surface area contributed by atoms with Gasteiger partial charge in [0.2, 0.25) is 5.91 Å². The van der Waals surface area contributed by atoms with Crippen molar-refractivity contribution in [3.05, 3.63) is 71.8 Å². The van der Waals surface area contributed by atoms with Crippen LogP contribution in [0.4, 0.5) is 0 Å². The molecule has 1 aliphatic rings. The number of carbonyl (C=O) groups excluding carboxylic acids is 1. The van der Waals surface area contributed by atoms with E-state index in [1.165, 1.54) is 0 Å². The predicted octanol–water partition coefficient (Wildman–Crippen LogP) is 3.33. The zero-order valence-electron chi connectivity index (χ0n) is 13.5. The lowest BCUT2D eigenvalue weighted by atomic mass is 9.74. The van der Waals surface area contributed by atoms with Crippen molar-refractivity contribution in [3.63, 3.8) is 0 Å². The highest BCUT2D eigenvalue weighted by atomic mass is 16.3. The Morgan fingerprint density at radius 3 is 2.30 bits per heavy atom. The molecule has 0 unspecified atom stereocenters. The van der Waals surface area contributed by atoms with Crippen LogP contribution in [0.15, 0.2) is 60.7 Å². The molecule has 1 aliphatic heterocycles. The van der Waals surface area contributed by atoms with Gasteiger partial charge in [-0.2, -0.15) is 0 Å². The molecule has 0 saturated carbocycles. The molecule has 1 heterocycles. The number of piperidine rings is 1. The molecule has 3 heteroatoms. The SMILES string of the molecule is CC[C@H]1C(=O)N(Cc2ccccc2)CC[C@]1(O)c1ccccc1. The van der Waals surface area contributed by atoms with Crippen LogP contribution >= 0.6 is 0 Å². The second kappa shape index (κ2) is 6.55. The lowest BCUT2D eigenvalue weighted by Gasteiger charge is -2.44. The Labute approximate surface area is 137 Å². The number of hydrogen-bond acceptors (Lipinski definition) is 2. The van der Waals surface area contributed by atoms with Gasteiger partial charge in [0.05, 0.1) is 5.92 Å². The number of hydrogen-bond donors (Lipinski definition) is 1. The van der Waals surface area contributed by atoms with E-state index >= 15 is 0 Å². The molecular weight excluding hydrogens is 286 g/mol. The third kappa shape index (κ3) is 3.02. The molecule has 1 N–H and O–H groups in total. The zero-order chi connectivity index (χ0) is 16.3. The standard InChI is InChI=1S/C20H23NO2/c1-2-18-19(22)21(15-16-9-5-3-6-10-16)14-13-20(18,23)17-11-7-4-8-12-17/h3-12,18,23H,2,13-15H2,1H3/t18-,20-/m0/s1. The molecule has 3 rings (SSSR count). The molecule has 23 heavy (non-hydrogen) atoms. The summed E-state index contributed by atoms with van der Waals surface area (Å²) >= 11 is 0. The predicted molar refractivity (Wildman–Crippen MR) is 90.6 cm³/mol. The molecular formula is C20H23NO2. The van der Waals surface area contributed by atoms with Gasteiger partial charge < -0.3 is 10.0 Å². The molecule has 3 nitrogen and oxygen atoms in total. The average molecular weight is 309 g/mol. The maximum absolute atomic E-state index is 12.9. The molecule has 2 atom stereocenters. The minimum atomic E-state index is -1.06. The average Bonchev–Trinajstić information content (AvgIpc) is 2.60. The lowest BCUT2D eigenvalue weighted by molar-refractivity contribution is -0.158. The van der Waals surface area contributed by atoms with E-state index < -0.39 is 5.60 Å². The molecule has 2 aromatic carbocycles. The van der Waals surface area contributed by atoms with Crippen molar-refractivity contribution < 1.29 is 9.90 Å². The van der Waals surface area contributed by atoms with Crippen LogP contribution in [0.25, 0.3) is 0 Å². The summed E-state index contributed by atoms with van der Waals surface area (Å²) in [6, 6.07) is 19.6. The fourth-order valence-corrected chi connectivity index (χ4v) is 3.56. The van der Waals surface area contributed by atoms with E-state index in [-0.39, 0.29) is 11.8 Å². The topological polar surface area (TPSA) is 40.5 Å². The fraction of sp³-hybridized carbons (Fsp3) is 0.350. The Morgan fingerprint density at radius 2 is 1.70 bits per heavy atom. The minimum Gasteiger partial charge on any atom is -0.384 e. The van der Waals surface area contributed by atoms with Gasteiger partial charge >= 0.3 is 0 Å². The Bertz CT molecular complexity index is 656. The highest BCUT2D eigenvalue weighted by Crippen LogP contribution is 2.40. The zero-order valence-corrected chi connectivity index (χ0v) is 13.5. The summed E-state index contributed by atoms with van der Waals surface area (Å²) < 4.78 is 0. The highest BCUT2D eigenvalue weighted by Gasteiger charge is 2.46. The first kappa shape index (κ1) is 15.8. The van der Waals surface area contributed by atoms with Crippen molar-refractivity contribution in [1.29, 1.82) is 0 Å². The van der Waals surface area contributed by atoms with Gasteiger partial charge in [-0.25, -0.2) is 0 Å². The van der Waals surface area contributed by atoms with Gasteiger partial charge in [-0.3, -0.25) is 4.79 Å². The fourth-order valence-electron chi connectivity index (χ4n) is 3.56. The first-order valence-electron chi connectivity index (χ1n) is 8.25. The van der Waals surface area contributed by atoms with E-state index in [0.29, 0.717) is 25.9 Å². The third-order valence-electron chi connectivity index (χ3n) is 4.85. The maximum Gasteiger partial charge on any atom is 0.229 e. The summed E-state index contributed by atoms with van der Waals surface area (Å²) in [5.74, 6) is -0.337. The van der Waals surface area contributed by atoms with Crippen LogP contribution in [-0.2, 0) is 16.9 Å². The lowest BCUT2D eigenvalue weighted by Crippen LogP contribution is -2.53. The van der Waals surface area contributed by atoms with Crippen LogP contribution in [0.5, 0.6) is 0 Å². The van der Waals surface area contributed by atoms with Crippen LogP contribution in [0.3, 0.4) is 0 Å². The van der Waals surface area contributed by atoms with Gasteiger partial charge in [-0.1, -0.05) is 67.6 Å². The monoisotopic (exact) mass is 309 g/mol. The highest BCUT2D eigenvalue weighted by molar-refractivity contribution is 5.81. The Hall–Kier alpha value is -2.13. The van der Waals surface area contributed by atoms with Crippen molar-refractivity contribution in [2.75, 3.05) is 6.54 Å². The molecule has 0 aromatic heterocycles. The smallest absolute Gasteiger partial charge is 0.229 e. The van der Waals surface area contributed by atoms with Gasteiger partial charge in [0.25, 0.3) is 0 Å². The molecule has 0 bridgehead atoms. The van der Waals surface area contributed by atoms with Crippen LogP contribution < -0.4 is 0 Å². The van der Waals surface area contributed by atoms with Gasteiger partial charge in [0, 0.05) is 13.1 Å². The van der Waals surface area contributed by atoms with Gasteiger partial charge in [-0.05, 0) is 24.0 Å². The summed E-state index contributed by atoms with van der Waals surface area (Å²) in [6.07, 6.45) is 1.21.